The SMILES string of the molecule is Cc1ccc(OCc2ccc(-c3ccccc3)cc2)c(C(F)(F)F)c1. The van der Waals surface area contributed by atoms with Crippen LogP contribution in [-0.2, 0) is 12.8 Å². The summed E-state index contributed by atoms with van der Waals surface area (Å²) in [5, 5.41) is 0. The van der Waals surface area contributed by atoms with Gasteiger partial charge in [-0.3, -0.25) is 0 Å². The summed E-state index contributed by atoms with van der Waals surface area (Å²) in [7, 11) is 0. The summed E-state index contributed by atoms with van der Waals surface area (Å²) >= 11 is 0. The van der Waals surface area contributed by atoms with Gasteiger partial charge < -0.3 is 4.74 Å². The number of aryl methyl sites for hydroxylation is 1. The van der Waals surface area contributed by atoms with E-state index >= 15 is 0 Å². The van der Waals surface area contributed by atoms with Gasteiger partial charge in [-0.05, 0) is 35.7 Å². The van der Waals surface area contributed by atoms with E-state index in [0.717, 1.165) is 22.8 Å². The fourth-order valence-corrected chi connectivity index (χ4v) is 2.58. The topological polar surface area (TPSA) is 9.23 Å². The van der Waals surface area contributed by atoms with E-state index in [1.807, 2.05) is 54.6 Å². The zero-order chi connectivity index (χ0) is 17.9. The number of benzene rings is 3. The van der Waals surface area contributed by atoms with E-state index in [2.05, 4.69) is 0 Å². The van der Waals surface area contributed by atoms with E-state index in [-0.39, 0.29) is 12.4 Å². The maximum absolute atomic E-state index is 13.1. The predicted molar refractivity (Wildman–Crippen MR) is 92.4 cm³/mol. The van der Waals surface area contributed by atoms with E-state index < -0.39 is 11.7 Å². The Morgan fingerprint density at radius 2 is 1.44 bits per heavy atom. The molecule has 0 aliphatic heterocycles. The first-order chi connectivity index (χ1) is 11.9. The van der Waals surface area contributed by atoms with E-state index in [1.165, 1.54) is 6.07 Å². The fourth-order valence-electron chi connectivity index (χ4n) is 2.58. The molecule has 3 aromatic carbocycles. The van der Waals surface area contributed by atoms with Crippen LogP contribution in [0.3, 0.4) is 0 Å². The van der Waals surface area contributed by atoms with Gasteiger partial charge in [0.15, 0.2) is 0 Å². The second-order valence-corrected chi connectivity index (χ2v) is 5.85. The maximum Gasteiger partial charge on any atom is 0.419 e. The monoisotopic (exact) mass is 342 g/mol. The van der Waals surface area contributed by atoms with E-state index in [9.17, 15) is 13.2 Å². The minimum Gasteiger partial charge on any atom is -0.488 e. The van der Waals surface area contributed by atoms with E-state index in [4.69, 9.17) is 4.74 Å². The second kappa shape index (κ2) is 7.01. The third kappa shape index (κ3) is 4.21. The molecule has 3 rings (SSSR count). The number of hydrogen-bond acceptors (Lipinski definition) is 1. The minimum absolute atomic E-state index is 0.0845. The van der Waals surface area contributed by atoms with E-state index in [0.29, 0.717) is 5.56 Å². The first-order valence-corrected chi connectivity index (χ1v) is 7.88. The Hall–Kier alpha value is -2.75. The average molecular weight is 342 g/mol. The molecular weight excluding hydrogens is 325 g/mol. The van der Waals surface area contributed by atoms with Crippen molar-refractivity contribution in [1.29, 1.82) is 0 Å². The lowest BCUT2D eigenvalue weighted by Gasteiger charge is -2.15. The predicted octanol–water partition coefficient (Wildman–Crippen LogP) is 6.26. The summed E-state index contributed by atoms with van der Waals surface area (Å²) in [5.41, 5.74) is 2.76. The zero-order valence-electron chi connectivity index (χ0n) is 13.7. The molecule has 0 radical (unpaired) electrons. The van der Waals surface area contributed by atoms with Crippen molar-refractivity contribution in [3.05, 3.63) is 89.5 Å². The highest BCUT2D eigenvalue weighted by molar-refractivity contribution is 5.63. The van der Waals surface area contributed by atoms with Crippen molar-refractivity contribution in [3.63, 3.8) is 0 Å². The lowest BCUT2D eigenvalue weighted by Crippen LogP contribution is -2.09. The molecule has 0 fully saturated rings. The highest BCUT2D eigenvalue weighted by Gasteiger charge is 2.34. The van der Waals surface area contributed by atoms with Crippen molar-refractivity contribution in [2.75, 3.05) is 0 Å². The Bertz CT molecular complexity index is 837. The number of rotatable bonds is 4. The smallest absolute Gasteiger partial charge is 0.419 e. The molecule has 3 aromatic rings. The Morgan fingerprint density at radius 1 is 0.800 bits per heavy atom. The van der Waals surface area contributed by atoms with Crippen LogP contribution in [0.25, 0.3) is 11.1 Å². The van der Waals surface area contributed by atoms with Gasteiger partial charge in [0.25, 0.3) is 0 Å². The van der Waals surface area contributed by atoms with Crippen molar-refractivity contribution in [3.8, 4) is 16.9 Å². The van der Waals surface area contributed by atoms with Crippen LogP contribution in [-0.4, -0.2) is 0 Å². The first kappa shape index (κ1) is 17.1. The molecule has 0 bridgehead atoms. The molecule has 0 atom stereocenters. The van der Waals surface area contributed by atoms with Crippen LogP contribution in [0.5, 0.6) is 5.75 Å². The molecular formula is C21H17F3O. The van der Waals surface area contributed by atoms with Crippen LogP contribution in [0.4, 0.5) is 13.2 Å². The molecule has 0 heterocycles. The lowest BCUT2D eigenvalue weighted by molar-refractivity contribution is -0.139. The van der Waals surface area contributed by atoms with Gasteiger partial charge in [0.2, 0.25) is 0 Å². The van der Waals surface area contributed by atoms with Crippen LogP contribution < -0.4 is 4.74 Å². The number of ether oxygens (including phenoxy) is 1. The van der Waals surface area contributed by atoms with E-state index in [1.54, 1.807) is 13.0 Å². The summed E-state index contributed by atoms with van der Waals surface area (Å²) in [6.45, 7) is 1.71. The van der Waals surface area contributed by atoms with Crippen LogP contribution in [0.1, 0.15) is 16.7 Å². The Kier molecular flexibility index (Phi) is 4.79. The number of hydrogen-bond donors (Lipinski definition) is 0. The molecule has 0 spiro atoms. The molecule has 0 aliphatic carbocycles. The molecule has 0 saturated heterocycles. The van der Waals surface area contributed by atoms with Crippen LogP contribution in [0.2, 0.25) is 0 Å². The molecule has 0 aliphatic rings. The van der Waals surface area contributed by atoms with Crippen LogP contribution >= 0.6 is 0 Å². The van der Waals surface area contributed by atoms with Crippen molar-refractivity contribution in [2.24, 2.45) is 0 Å². The quantitative estimate of drug-likeness (QED) is 0.544. The Balaban J connectivity index is 1.74. The second-order valence-electron chi connectivity index (χ2n) is 5.85. The van der Waals surface area contributed by atoms with Gasteiger partial charge in [0, 0.05) is 0 Å². The molecule has 4 heteroatoms. The van der Waals surface area contributed by atoms with Gasteiger partial charge >= 0.3 is 6.18 Å². The number of halogens is 3. The molecule has 0 amide bonds. The molecule has 25 heavy (non-hydrogen) atoms. The Labute approximate surface area is 144 Å². The molecule has 0 N–H and O–H groups in total. The summed E-state index contributed by atoms with van der Waals surface area (Å²) in [6.07, 6.45) is -4.43. The highest BCUT2D eigenvalue weighted by atomic mass is 19.4. The highest BCUT2D eigenvalue weighted by Crippen LogP contribution is 2.37. The first-order valence-electron chi connectivity index (χ1n) is 7.88. The molecule has 0 saturated carbocycles. The van der Waals surface area contributed by atoms with Gasteiger partial charge in [-0.25, -0.2) is 0 Å². The average Bonchev–Trinajstić information content (AvgIpc) is 2.61. The normalized spacial score (nSPS) is 11.4. The molecule has 0 aromatic heterocycles. The van der Waals surface area contributed by atoms with Crippen LogP contribution in [0, 0.1) is 6.92 Å². The molecule has 1 nitrogen and oxygen atoms in total. The van der Waals surface area contributed by atoms with Gasteiger partial charge in [-0.2, -0.15) is 13.2 Å². The largest absolute Gasteiger partial charge is 0.488 e. The third-order valence-corrected chi connectivity index (χ3v) is 3.90. The lowest BCUT2D eigenvalue weighted by atomic mass is 10.0. The third-order valence-electron chi connectivity index (χ3n) is 3.90. The van der Waals surface area contributed by atoms with Crippen molar-refractivity contribution >= 4 is 0 Å². The van der Waals surface area contributed by atoms with Crippen LogP contribution in [0.15, 0.2) is 72.8 Å². The zero-order valence-corrected chi connectivity index (χ0v) is 13.7. The molecule has 0 unspecified atom stereocenters. The summed E-state index contributed by atoms with van der Waals surface area (Å²) in [5.74, 6) is -0.148. The molecule has 128 valence electrons. The maximum atomic E-state index is 13.1. The van der Waals surface area contributed by atoms with Gasteiger partial charge in [-0.1, -0.05) is 66.2 Å². The Morgan fingerprint density at radius 3 is 2.08 bits per heavy atom. The van der Waals surface area contributed by atoms with Gasteiger partial charge in [0.05, 0.1) is 5.56 Å². The summed E-state index contributed by atoms with van der Waals surface area (Å²) in [4.78, 5) is 0. The van der Waals surface area contributed by atoms with Gasteiger partial charge in [-0.15, -0.1) is 0 Å². The van der Waals surface area contributed by atoms with Gasteiger partial charge in [0.1, 0.15) is 12.4 Å². The standard InChI is InChI=1S/C21H17F3O/c1-15-7-12-20(19(13-15)21(22,23)24)25-14-16-8-10-18(11-9-16)17-5-3-2-4-6-17/h2-13H,14H2,1H3. The van der Waals surface area contributed by atoms with Crippen molar-refractivity contribution in [2.45, 2.75) is 19.7 Å². The minimum atomic E-state index is -4.43. The fraction of sp³-hybridized carbons (Fsp3) is 0.143. The van der Waals surface area contributed by atoms with Crippen molar-refractivity contribution < 1.29 is 17.9 Å². The number of alkyl halides is 3. The van der Waals surface area contributed by atoms with Crippen molar-refractivity contribution in [1.82, 2.24) is 0 Å². The summed E-state index contributed by atoms with van der Waals surface area (Å²) in [6, 6.07) is 21.6. The summed E-state index contributed by atoms with van der Waals surface area (Å²) < 4.78 is 44.8.